The summed E-state index contributed by atoms with van der Waals surface area (Å²) in [6, 6.07) is 5.34. The van der Waals surface area contributed by atoms with E-state index in [0.717, 1.165) is 29.3 Å². The third kappa shape index (κ3) is 3.97. The summed E-state index contributed by atoms with van der Waals surface area (Å²) in [7, 11) is 0. The Labute approximate surface area is 138 Å². The minimum Gasteiger partial charge on any atom is -0.345 e. The second-order valence-corrected chi connectivity index (χ2v) is 6.37. The zero-order valence-electron chi connectivity index (χ0n) is 10.4. The molecule has 3 N–H and O–H groups in total. The third-order valence-corrected chi connectivity index (χ3v) is 4.68. The van der Waals surface area contributed by atoms with Crippen LogP contribution >= 0.6 is 46.6 Å². The predicted molar refractivity (Wildman–Crippen MR) is 89.1 cm³/mol. The fraction of sp³-hybridized carbons (Fsp3) is 0.462. The summed E-state index contributed by atoms with van der Waals surface area (Å²) in [5, 5.41) is 3.68. The molecule has 19 heavy (non-hydrogen) atoms. The normalized spacial score (nSPS) is 16.8. The van der Waals surface area contributed by atoms with Crippen LogP contribution in [0.2, 0.25) is 5.02 Å². The van der Waals surface area contributed by atoms with Crippen LogP contribution < -0.4 is 11.1 Å². The van der Waals surface area contributed by atoms with Crippen molar-refractivity contribution in [1.29, 1.82) is 0 Å². The van der Waals surface area contributed by atoms with E-state index < -0.39 is 0 Å². The van der Waals surface area contributed by atoms with Crippen molar-refractivity contribution in [3.05, 3.63) is 32.4 Å². The molecular weight excluding hydrogens is 398 g/mol. The van der Waals surface area contributed by atoms with Gasteiger partial charge in [-0.25, -0.2) is 0 Å². The Kier molecular flexibility index (Phi) is 6.36. The van der Waals surface area contributed by atoms with Gasteiger partial charge in [-0.2, -0.15) is 0 Å². The molecule has 0 heterocycles. The van der Waals surface area contributed by atoms with E-state index in [4.69, 9.17) is 17.3 Å². The van der Waals surface area contributed by atoms with Gasteiger partial charge in [0.25, 0.3) is 5.91 Å². The first-order valence-electron chi connectivity index (χ1n) is 6.04. The molecule has 1 aliphatic rings. The van der Waals surface area contributed by atoms with E-state index in [9.17, 15) is 4.79 Å². The van der Waals surface area contributed by atoms with Crippen molar-refractivity contribution in [1.82, 2.24) is 5.32 Å². The lowest BCUT2D eigenvalue weighted by Crippen LogP contribution is -2.51. The van der Waals surface area contributed by atoms with E-state index in [2.05, 4.69) is 27.9 Å². The highest BCUT2D eigenvalue weighted by atomic mass is 127. The highest BCUT2D eigenvalue weighted by molar-refractivity contribution is 14.1. The van der Waals surface area contributed by atoms with Gasteiger partial charge < -0.3 is 11.1 Å². The Morgan fingerprint density at radius 2 is 2.05 bits per heavy atom. The van der Waals surface area contributed by atoms with Gasteiger partial charge in [-0.3, -0.25) is 4.79 Å². The van der Waals surface area contributed by atoms with Gasteiger partial charge in [0.15, 0.2) is 0 Å². The van der Waals surface area contributed by atoms with Crippen LogP contribution in [0.5, 0.6) is 0 Å². The van der Waals surface area contributed by atoms with Crippen LogP contribution in [-0.2, 0) is 0 Å². The molecule has 1 aromatic rings. The van der Waals surface area contributed by atoms with Gasteiger partial charge in [-0.05, 0) is 53.6 Å². The van der Waals surface area contributed by atoms with E-state index in [1.165, 1.54) is 0 Å². The monoisotopic (exact) mass is 414 g/mol. The molecule has 0 bridgehead atoms. The van der Waals surface area contributed by atoms with Gasteiger partial charge in [-0.1, -0.05) is 24.4 Å². The maximum absolute atomic E-state index is 12.3. The molecule has 0 aromatic heterocycles. The van der Waals surface area contributed by atoms with Gasteiger partial charge in [0.05, 0.1) is 11.1 Å². The van der Waals surface area contributed by atoms with E-state index in [-0.39, 0.29) is 23.9 Å². The van der Waals surface area contributed by atoms with Crippen molar-refractivity contribution in [2.24, 2.45) is 5.73 Å². The van der Waals surface area contributed by atoms with Crippen molar-refractivity contribution in [2.75, 3.05) is 6.54 Å². The summed E-state index contributed by atoms with van der Waals surface area (Å²) in [5.74, 6) is -0.0748. The van der Waals surface area contributed by atoms with Gasteiger partial charge in [0, 0.05) is 15.1 Å². The molecule has 1 aromatic carbocycles. The van der Waals surface area contributed by atoms with Gasteiger partial charge >= 0.3 is 0 Å². The Morgan fingerprint density at radius 3 is 2.63 bits per heavy atom. The summed E-state index contributed by atoms with van der Waals surface area (Å²) in [5.41, 5.74) is 6.23. The van der Waals surface area contributed by atoms with E-state index in [1.54, 1.807) is 12.1 Å². The summed E-state index contributed by atoms with van der Waals surface area (Å²) in [4.78, 5) is 12.3. The molecule has 0 aliphatic heterocycles. The number of carbonyl (C=O) groups is 1. The van der Waals surface area contributed by atoms with Crippen LogP contribution in [0.4, 0.5) is 0 Å². The molecular formula is C13H17Cl2IN2O. The molecule has 0 unspecified atom stereocenters. The van der Waals surface area contributed by atoms with E-state index in [0.29, 0.717) is 17.1 Å². The minimum absolute atomic E-state index is 0. The molecule has 3 nitrogen and oxygen atoms in total. The SMILES string of the molecule is Cl.NCC1(NC(=O)c2cc(Cl)ccc2I)CCCC1. The molecule has 1 saturated carbocycles. The number of halogens is 3. The molecule has 1 aliphatic carbocycles. The summed E-state index contributed by atoms with van der Waals surface area (Å²) >= 11 is 8.08. The van der Waals surface area contributed by atoms with Crippen LogP contribution in [0.1, 0.15) is 36.0 Å². The number of hydrogen-bond acceptors (Lipinski definition) is 2. The van der Waals surface area contributed by atoms with Crippen molar-refractivity contribution in [3.8, 4) is 0 Å². The Balaban J connectivity index is 0.00000180. The Morgan fingerprint density at radius 1 is 1.42 bits per heavy atom. The molecule has 1 amide bonds. The topological polar surface area (TPSA) is 55.1 Å². The number of carbonyl (C=O) groups excluding carboxylic acids is 1. The van der Waals surface area contributed by atoms with Crippen molar-refractivity contribution >= 4 is 52.5 Å². The lowest BCUT2D eigenvalue weighted by Gasteiger charge is -2.29. The number of nitrogens with one attached hydrogen (secondary N) is 1. The predicted octanol–water partition coefficient (Wildman–Crippen LogP) is 3.37. The second-order valence-electron chi connectivity index (χ2n) is 4.77. The maximum atomic E-state index is 12.3. The molecule has 0 atom stereocenters. The standard InChI is InChI=1S/C13H16ClIN2O.ClH/c14-9-3-4-11(15)10(7-9)12(18)17-13(8-16)5-1-2-6-13;/h3-4,7H,1-2,5-6,8,16H2,(H,17,18);1H. The third-order valence-electron chi connectivity index (χ3n) is 3.50. The van der Waals surface area contributed by atoms with Crippen LogP contribution in [0.25, 0.3) is 0 Å². The van der Waals surface area contributed by atoms with Crippen molar-refractivity contribution < 1.29 is 4.79 Å². The summed E-state index contributed by atoms with van der Waals surface area (Å²) in [6.07, 6.45) is 4.19. The molecule has 0 radical (unpaired) electrons. The number of nitrogens with two attached hydrogens (primary N) is 1. The number of benzene rings is 1. The molecule has 1 fully saturated rings. The van der Waals surface area contributed by atoms with Crippen LogP contribution in [0.15, 0.2) is 18.2 Å². The molecule has 0 saturated heterocycles. The highest BCUT2D eigenvalue weighted by Gasteiger charge is 2.34. The van der Waals surface area contributed by atoms with E-state index >= 15 is 0 Å². The zero-order valence-corrected chi connectivity index (χ0v) is 14.1. The Hall–Kier alpha value is -0.0400. The minimum atomic E-state index is -0.220. The fourth-order valence-electron chi connectivity index (χ4n) is 2.41. The fourth-order valence-corrected chi connectivity index (χ4v) is 3.16. The molecule has 0 spiro atoms. The number of amides is 1. The smallest absolute Gasteiger partial charge is 0.252 e. The first-order chi connectivity index (χ1) is 8.56. The lowest BCUT2D eigenvalue weighted by atomic mass is 9.97. The highest BCUT2D eigenvalue weighted by Crippen LogP contribution is 2.29. The molecule has 2 rings (SSSR count). The number of rotatable bonds is 3. The first-order valence-corrected chi connectivity index (χ1v) is 7.50. The molecule has 106 valence electrons. The maximum Gasteiger partial charge on any atom is 0.252 e. The molecule has 6 heteroatoms. The lowest BCUT2D eigenvalue weighted by molar-refractivity contribution is 0.0902. The first kappa shape index (κ1) is 17.0. The quantitative estimate of drug-likeness (QED) is 0.745. The average molecular weight is 415 g/mol. The Bertz CT molecular complexity index is 462. The van der Waals surface area contributed by atoms with Gasteiger partial charge in [0.1, 0.15) is 0 Å². The van der Waals surface area contributed by atoms with Gasteiger partial charge in [-0.15, -0.1) is 12.4 Å². The van der Waals surface area contributed by atoms with Gasteiger partial charge in [0.2, 0.25) is 0 Å². The van der Waals surface area contributed by atoms with Crippen molar-refractivity contribution in [2.45, 2.75) is 31.2 Å². The van der Waals surface area contributed by atoms with Crippen LogP contribution in [-0.4, -0.2) is 18.0 Å². The zero-order chi connectivity index (χ0) is 13.2. The van der Waals surface area contributed by atoms with Crippen molar-refractivity contribution in [3.63, 3.8) is 0 Å². The van der Waals surface area contributed by atoms with Crippen LogP contribution in [0.3, 0.4) is 0 Å². The summed E-state index contributed by atoms with van der Waals surface area (Å²) in [6.45, 7) is 0.496. The van der Waals surface area contributed by atoms with Crippen LogP contribution in [0, 0.1) is 3.57 Å². The largest absolute Gasteiger partial charge is 0.345 e. The average Bonchev–Trinajstić information content (AvgIpc) is 2.81. The summed E-state index contributed by atoms with van der Waals surface area (Å²) < 4.78 is 0.902. The second kappa shape index (κ2) is 7.11. The number of hydrogen-bond donors (Lipinski definition) is 2. The van der Waals surface area contributed by atoms with E-state index in [1.807, 2.05) is 6.07 Å².